The van der Waals surface area contributed by atoms with E-state index in [1.165, 1.54) is 6.07 Å². The third-order valence-electron chi connectivity index (χ3n) is 2.74. The molecule has 2 aromatic rings. The Morgan fingerprint density at radius 3 is 2.74 bits per heavy atom. The summed E-state index contributed by atoms with van der Waals surface area (Å²) >= 11 is 3.35. The zero-order chi connectivity index (χ0) is 13.8. The highest BCUT2D eigenvalue weighted by Gasteiger charge is 2.20. The average Bonchev–Trinajstić information content (AvgIpc) is 2.82. The summed E-state index contributed by atoms with van der Waals surface area (Å²) in [5.74, 6) is 1.32. The van der Waals surface area contributed by atoms with E-state index >= 15 is 0 Å². The van der Waals surface area contributed by atoms with Crippen molar-refractivity contribution in [3.63, 3.8) is 0 Å². The maximum absolute atomic E-state index is 11.1. The van der Waals surface area contributed by atoms with Crippen LogP contribution in [-0.2, 0) is 11.9 Å². The first-order valence-electron chi connectivity index (χ1n) is 5.90. The van der Waals surface area contributed by atoms with Gasteiger partial charge in [-0.05, 0) is 12.5 Å². The Hall–Kier alpha value is -1.76. The van der Waals surface area contributed by atoms with Crippen LogP contribution in [0, 0.1) is 10.1 Å². The van der Waals surface area contributed by atoms with E-state index < -0.39 is 4.92 Å². The van der Waals surface area contributed by atoms with Gasteiger partial charge in [-0.15, -0.1) is 10.2 Å². The first-order valence-corrected chi connectivity index (χ1v) is 7.03. The van der Waals surface area contributed by atoms with Gasteiger partial charge in [0.15, 0.2) is 5.82 Å². The van der Waals surface area contributed by atoms with Crippen LogP contribution in [-0.4, -0.2) is 19.7 Å². The second-order valence-electron chi connectivity index (χ2n) is 4.00. The van der Waals surface area contributed by atoms with E-state index in [0.29, 0.717) is 16.7 Å². The van der Waals surface area contributed by atoms with Crippen LogP contribution in [0.3, 0.4) is 0 Å². The second-order valence-corrected chi connectivity index (χ2v) is 4.56. The van der Waals surface area contributed by atoms with Gasteiger partial charge in [0.1, 0.15) is 5.82 Å². The van der Waals surface area contributed by atoms with Crippen LogP contribution in [0.15, 0.2) is 24.3 Å². The first kappa shape index (κ1) is 13.7. The molecule has 0 aliphatic carbocycles. The molecule has 0 N–H and O–H groups in total. The third kappa shape index (κ3) is 2.65. The van der Waals surface area contributed by atoms with Crippen LogP contribution < -0.4 is 0 Å². The predicted molar refractivity (Wildman–Crippen MR) is 75.0 cm³/mol. The Morgan fingerprint density at radius 1 is 1.37 bits per heavy atom. The van der Waals surface area contributed by atoms with E-state index in [4.69, 9.17) is 0 Å². The van der Waals surface area contributed by atoms with E-state index in [-0.39, 0.29) is 5.69 Å². The van der Waals surface area contributed by atoms with Crippen LogP contribution in [0.2, 0.25) is 0 Å². The second kappa shape index (κ2) is 5.92. The minimum absolute atomic E-state index is 0.0494. The highest BCUT2D eigenvalue weighted by molar-refractivity contribution is 9.08. The Morgan fingerprint density at radius 2 is 2.11 bits per heavy atom. The summed E-state index contributed by atoms with van der Waals surface area (Å²) in [6.45, 7) is 2.77. The van der Waals surface area contributed by atoms with Crippen molar-refractivity contribution in [3.05, 3.63) is 40.2 Å². The molecule has 0 aliphatic heterocycles. The van der Waals surface area contributed by atoms with Crippen molar-refractivity contribution in [2.45, 2.75) is 25.2 Å². The number of hydrogen-bond donors (Lipinski definition) is 0. The number of aromatic nitrogens is 3. The number of halogens is 1. The summed E-state index contributed by atoms with van der Waals surface area (Å²) in [6.07, 6.45) is 0.908. The van der Waals surface area contributed by atoms with Gasteiger partial charge in [-0.2, -0.15) is 0 Å². The SMILES string of the molecule is CCCn1c(CBr)nnc1-c1ccccc1[N+](=O)[O-]. The van der Waals surface area contributed by atoms with Gasteiger partial charge in [0.05, 0.1) is 15.8 Å². The number of nitro groups is 1. The van der Waals surface area contributed by atoms with Crippen molar-refractivity contribution in [3.8, 4) is 11.4 Å². The molecule has 2 rings (SSSR count). The molecule has 0 radical (unpaired) electrons. The first-order chi connectivity index (χ1) is 9.19. The van der Waals surface area contributed by atoms with Gasteiger partial charge in [-0.3, -0.25) is 10.1 Å². The number of rotatable bonds is 5. The van der Waals surface area contributed by atoms with Crippen molar-refractivity contribution in [2.24, 2.45) is 0 Å². The van der Waals surface area contributed by atoms with E-state index in [9.17, 15) is 10.1 Å². The van der Waals surface area contributed by atoms with Crippen molar-refractivity contribution in [1.29, 1.82) is 0 Å². The highest BCUT2D eigenvalue weighted by Crippen LogP contribution is 2.29. The Labute approximate surface area is 118 Å². The quantitative estimate of drug-likeness (QED) is 0.481. The highest BCUT2D eigenvalue weighted by atomic mass is 79.9. The molecule has 0 fully saturated rings. The Bertz CT molecular complexity index is 597. The van der Waals surface area contributed by atoms with Gasteiger partial charge in [0, 0.05) is 12.6 Å². The molecular weight excluding hydrogens is 312 g/mol. The molecule has 1 aromatic heterocycles. The fourth-order valence-corrected chi connectivity index (χ4v) is 2.33. The smallest absolute Gasteiger partial charge is 0.280 e. The Balaban J connectivity index is 2.59. The lowest BCUT2D eigenvalue weighted by atomic mass is 10.1. The van der Waals surface area contributed by atoms with E-state index in [1.54, 1.807) is 18.2 Å². The van der Waals surface area contributed by atoms with E-state index in [1.807, 2.05) is 11.5 Å². The fraction of sp³-hybridized carbons (Fsp3) is 0.333. The number of nitro benzene ring substituents is 1. The summed E-state index contributed by atoms with van der Waals surface area (Å²) in [7, 11) is 0. The molecule has 100 valence electrons. The van der Waals surface area contributed by atoms with Crippen molar-refractivity contribution >= 4 is 21.6 Å². The van der Waals surface area contributed by atoms with Gasteiger partial charge in [0.2, 0.25) is 0 Å². The molecular formula is C12H13BrN4O2. The topological polar surface area (TPSA) is 73.8 Å². The van der Waals surface area contributed by atoms with Gasteiger partial charge in [-0.1, -0.05) is 35.0 Å². The molecule has 0 spiro atoms. The van der Waals surface area contributed by atoms with Crippen molar-refractivity contribution in [2.75, 3.05) is 0 Å². The molecule has 0 saturated heterocycles. The molecule has 19 heavy (non-hydrogen) atoms. The molecule has 0 atom stereocenters. The number of para-hydroxylation sites is 1. The fourth-order valence-electron chi connectivity index (χ4n) is 1.91. The van der Waals surface area contributed by atoms with Gasteiger partial charge in [0.25, 0.3) is 5.69 Å². The molecule has 0 saturated carbocycles. The molecule has 0 amide bonds. The van der Waals surface area contributed by atoms with Crippen LogP contribution >= 0.6 is 15.9 Å². The summed E-state index contributed by atoms with van der Waals surface area (Å²) in [4.78, 5) is 10.7. The largest absolute Gasteiger partial charge is 0.310 e. The van der Waals surface area contributed by atoms with Gasteiger partial charge in [-0.25, -0.2) is 0 Å². The predicted octanol–water partition coefficient (Wildman–Crippen LogP) is 3.16. The van der Waals surface area contributed by atoms with Crippen molar-refractivity contribution in [1.82, 2.24) is 14.8 Å². The third-order valence-corrected chi connectivity index (χ3v) is 3.24. The molecule has 0 unspecified atom stereocenters. The lowest BCUT2D eigenvalue weighted by molar-refractivity contribution is -0.384. The normalized spacial score (nSPS) is 10.6. The van der Waals surface area contributed by atoms with Gasteiger partial charge >= 0.3 is 0 Å². The monoisotopic (exact) mass is 324 g/mol. The maximum atomic E-state index is 11.1. The number of nitrogens with zero attached hydrogens (tertiary/aromatic N) is 4. The molecule has 1 aromatic carbocycles. The maximum Gasteiger partial charge on any atom is 0.280 e. The lowest BCUT2D eigenvalue weighted by Crippen LogP contribution is -2.05. The van der Waals surface area contributed by atoms with E-state index in [0.717, 1.165) is 18.8 Å². The molecule has 0 aliphatic rings. The number of alkyl halides is 1. The van der Waals surface area contributed by atoms with Crippen LogP contribution in [0.1, 0.15) is 19.2 Å². The molecule has 0 bridgehead atoms. The van der Waals surface area contributed by atoms with Crippen LogP contribution in [0.4, 0.5) is 5.69 Å². The number of benzene rings is 1. The summed E-state index contributed by atoms with van der Waals surface area (Å²) in [5, 5.41) is 19.8. The zero-order valence-electron chi connectivity index (χ0n) is 10.4. The summed E-state index contributed by atoms with van der Waals surface area (Å²) in [5.41, 5.74) is 0.550. The standard InChI is InChI=1S/C12H13BrN4O2/c1-2-7-16-11(8-13)14-15-12(16)9-5-3-4-6-10(9)17(18)19/h3-6H,2,7-8H2,1H3. The zero-order valence-corrected chi connectivity index (χ0v) is 12.0. The minimum Gasteiger partial charge on any atom is -0.310 e. The summed E-state index contributed by atoms with van der Waals surface area (Å²) < 4.78 is 1.91. The van der Waals surface area contributed by atoms with Crippen LogP contribution in [0.5, 0.6) is 0 Å². The molecule has 1 heterocycles. The van der Waals surface area contributed by atoms with Crippen molar-refractivity contribution < 1.29 is 4.92 Å². The van der Waals surface area contributed by atoms with E-state index in [2.05, 4.69) is 26.1 Å². The average molecular weight is 325 g/mol. The van der Waals surface area contributed by atoms with Crippen LogP contribution in [0.25, 0.3) is 11.4 Å². The molecule has 6 nitrogen and oxygen atoms in total. The Kier molecular flexibility index (Phi) is 4.26. The summed E-state index contributed by atoms with van der Waals surface area (Å²) in [6, 6.07) is 6.59. The minimum atomic E-state index is -0.395. The lowest BCUT2D eigenvalue weighted by Gasteiger charge is -2.07. The molecule has 7 heteroatoms. The van der Waals surface area contributed by atoms with Gasteiger partial charge < -0.3 is 4.57 Å². The number of hydrogen-bond acceptors (Lipinski definition) is 4.